The van der Waals surface area contributed by atoms with E-state index in [4.69, 9.17) is 39.0 Å². The molecule has 0 saturated heterocycles. The zero-order chi connectivity index (χ0) is 13.7. The van der Waals surface area contributed by atoms with Gasteiger partial charge in [0.25, 0.3) is 0 Å². The average molecular weight is 342 g/mol. The van der Waals surface area contributed by atoms with Gasteiger partial charge in [-0.15, -0.1) is 0 Å². The maximum Gasteiger partial charge on any atom is 0.163 e. The molecule has 4 nitrogen and oxygen atoms in total. The van der Waals surface area contributed by atoms with Crippen molar-refractivity contribution >= 4 is 44.8 Å². The van der Waals surface area contributed by atoms with Gasteiger partial charge in [0.15, 0.2) is 5.57 Å². The standard InChI is InChI=1S/C11H3BrCl2N4/c12-7-1-2-8(11(14)10(7)13)18-9(5-17)6(3-15)4-16/h1-2,18H. The summed E-state index contributed by atoms with van der Waals surface area (Å²) in [5, 5.41) is 29.3. The largest absolute Gasteiger partial charge is 0.344 e. The molecule has 0 fully saturated rings. The van der Waals surface area contributed by atoms with Crippen molar-refractivity contribution in [3.63, 3.8) is 0 Å². The second-order valence-corrected chi connectivity index (χ2v) is 4.54. The normalized spacial score (nSPS) is 8.67. The molecule has 0 aliphatic heterocycles. The molecule has 7 heteroatoms. The van der Waals surface area contributed by atoms with E-state index in [0.29, 0.717) is 10.2 Å². The van der Waals surface area contributed by atoms with Gasteiger partial charge in [0.05, 0.1) is 15.7 Å². The zero-order valence-electron chi connectivity index (χ0n) is 8.63. The lowest BCUT2D eigenvalue weighted by Gasteiger charge is -2.09. The van der Waals surface area contributed by atoms with Gasteiger partial charge < -0.3 is 5.32 Å². The highest BCUT2D eigenvalue weighted by Crippen LogP contribution is 2.36. The summed E-state index contributed by atoms with van der Waals surface area (Å²) in [6.45, 7) is 0. The lowest BCUT2D eigenvalue weighted by atomic mass is 10.2. The quantitative estimate of drug-likeness (QED) is 0.651. The van der Waals surface area contributed by atoms with Crippen LogP contribution in [0.3, 0.4) is 0 Å². The number of hydrogen-bond acceptors (Lipinski definition) is 4. The predicted molar refractivity (Wildman–Crippen MR) is 71.6 cm³/mol. The van der Waals surface area contributed by atoms with Crippen LogP contribution in [0.15, 0.2) is 27.9 Å². The van der Waals surface area contributed by atoms with Crippen molar-refractivity contribution in [3.8, 4) is 18.2 Å². The molecule has 1 aromatic rings. The molecule has 0 saturated carbocycles. The molecule has 0 spiro atoms. The Bertz CT molecular complexity index is 631. The summed E-state index contributed by atoms with van der Waals surface area (Å²) >= 11 is 15.1. The van der Waals surface area contributed by atoms with Crippen LogP contribution in [0.25, 0.3) is 0 Å². The Labute approximate surface area is 122 Å². The molecule has 18 heavy (non-hydrogen) atoms. The Balaban J connectivity index is 3.26. The summed E-state index contributed by atoms with van der Waals surface area (Å²) in [4.78, 5) is 0. The van der Waals surface area contributed by atoms with Crippen LogP contribution >= 0.6 is 39.1 Å². The number of nitrogens with one attached hydrogen (secondary N) is 1. The van der Waals surface area contributed by atoms with Crippen LogP contribution in [0, 0.1) is 34.0 Å². The number of anilines is 1. The number of rotatable bonds is 2. The molecule has 0 heterocycles. The predicted octanol–water partition coefficient (Wildman–Crippen LogP) is 3.99. The van der Waals surface area contributed by atoms with Gasteiger partial charge in [0.2, 0.25) is 0 Å². The molecule has 1 rings (SSSR count). The van der Waals surface area contributed by atoms with Gasteiger partial charge in [-0.2, -0.15) is 15.8 Å². The fourth-order valence-electron chi connectivity index (χ4n) is 1.04. The summed E-state index contributed by atoms with van der Waals surface area (Å²) in [6, 6.07) is 8.16. The number of benzene rings is 1. The second kappa shape index (κ2) is 6.28. The Morgan fingerprint density at radius 3 is 2.17 bits per heavy atom. The minimum Gasteiger partial charge on any atom is -0.344 e. The molecule has 0 amide bonds. The molecule has 0 radical (unpaired) electrons. The van der Waals surface area contributed by atoms with Crippen LogP contribution in [-0.4, -0.2) is 0 Å². The Hall–Kier alpha value is -1.71. The van der Waals surface area contributed by atoms with Crippen molar-refractivity contribution < 1.29 is 0 Å². The van der Waals surface area contributed by atoms with Crippen molar-refractivity contribution in [2.45, 2.75) is 0 Å². The van der Waals surface area contributed by atoms with Gasteiger partial charge in [-0.25, -0.2) is 0 Å². The molecule has 88 valence electrons. The Morgan fingerprint density at radius 1 is 1.06 bits per heavy atom. The number of hydrogen-bond donors (Lipinski definition) is 1. The van der Waals surface area contributed by atoms with Gasteiger partial charge in [-0.3, -0.25) is 0 Å². The molecule has 0 aliphatic rings. The summed E-state index contributed by atoms with van der Waals surface area (Å²) < 4.78 is 0.600. The van der Waals surface area contributed by atoms with E-state index in [-0.39, 0.29) is 21.3 Å². The van der Waals surface area contributed by atoms with E-state index in [9.17, 15) is 0 Å². The summed E-state index contributed by atoms with van der Waals surface area (Å²) in [6.07, 6.45) is 0. The summed E-state index contributed by atoms with van der Waals surface area (Å²) in [5.74, 6) is 0. The van der Waals surface area contributed by atoms with Gasteiger partial charge in [0.1, 0.15) is 23.9 Å². The van der Waals surface area contributed by atoms with E-state index in [1.807, 2.05) is 0 Å². The highest BCUT2D eigenvalue weighted by Gasteiger charge is 2.12. The number of allylic oxidation sites excluding steroid dienone is 2. The van der Waals surface area contributed by atoms with Crippen LogP contribution < -0.4 is 5.32 Å². The van der Waals surface area contributed by atoms with E-state index >= 15 is 0 Å². The number of nitriles is 3. The fraction of sp³-hybridized carbons (Fsp3) is 0. The topological polar surface area (TPSA) is 83.4 Å². The van der Waals surface area contributed by atoms with Gasteiger partial charge in [-0.1, -0.05) is 23.2 Å². The molecule has 0 atom stereocenters. The minimum absolute atomic E-state index is 0.180. The lowest BCUT2D eigenvalue weighted by molar-refractivity contribution is 1.37. The first-order valence-corrected chi connectivity index (χ1v) is 5.95. The SMILES string of the molecule is N#CC(C#N)=C(C#N)Nc1ccc(Br)c(Cl)c1Cl. The van der Waals surface area contributed by atoms with Crippen LogP contribution in [0.1, 0.15) is 0 Å². The minimum atomic E-state index is -0.326. The van der Waals surface area contributed by atoms with Crippen molar-refractivity contribution in [2.75, 3.05) is 5.32 Å². The first-order chi connectivity index (χ1) is 8.54. The van der Waals surface area contributed by atoms with Crippen molar-refractivity contribution in [1.82, 2.24) is 0 Å². The maximum absolute atomic E-state index is 8.88. The third-order valence-electron chi connectivity index (χ3n) is 1.88. The summed E-state index contributed by atoms with van der Waals surface area (Å²) in [5.41, 5.74) is -0.169. The highest BCUT2D eigenvalue weighted by molar-refractivity contribution is 9.10. The molecule has 0 unspecified atom stereocenters. The van der Waals surface area contributed by atoms with Crippen LogP contribution in [0.4, 0.5) is 5.69 Å². The molecule has 0 aliphatic carbocycles. The van der Waals surface area contributed by atoms with E-state index in [0.717, 1.165) is 0 Å². The third kappa shape index (κ3) is 2.94. The molecule has 1 N–H and O–H groups in total. The molecular formula is C11H3BrCl2N4. The van der Waals surface area contributed by atoms with Gasteiger partial charge >= 0.3 is 0 Å². The molecular weight excluding hydrogens is 339 g/mol. The monoisotopic (exact) mass is 340 g/mol. The zero-order valence-corrected chi connectivity index (χ0v) is 11.7. The fourth-order valence-corrected chi connectivity index (χ4v) is 1.86. The van der Waals surface area contributed by atoms with Crippen LogP contribution in [0.2, 0.25) is 10.0 Å². The molecule has 1 aromatic carbocycles. The van der Waals surface area contributed by atoms with Crippen molar-refractivity contribution in [1.29, 1.82) is 15.8 Å². The summed E-state index contributed by atoms with van der Waals surface area (Å²) in [7, 11) is 0. The van der Waals surface area contributed by atoms with Crippen molar-refractivity contribution in [2.24, 2.45) is 0 Å². The third-order valence-corrected chi connectivity index (χ3v) is 3.65. The molecule has 0 aromatic heterocycles. The first kappa shape index (κ1) is 14.4. The smallest absolute Gasteiger partial charge is 0.163 e. The maximum atomic E-state index is 8.88. The van der Waals surface area contributed by atoms with E-state index in [1.165, 1.54) is 0 Å². The number of nitrogens with zero attached hydrogens (tertiary/aromatic N) is 3. The Kier molecular flexibility index (Phi) is 5.01. The number of halogens is 3. The first-order valence-electron chi connectivity index (χ1n) is 4.40. The van der Waals surface area contributed by atoms with Crippen LogP contribution in [0.5, 0.6) is 0 Å². The van der Waals surface area contributed by atoms with Crippen molar-refractivity contribution in [3.05, 3.63) is 37.9 Å². The Morgan fingerprint density at radius 2 is 1.67 bits per heavy atom. The van der Waals surface area contributed by atoms with Gasteiger partial charge in [0, 0.05) is 4.47 Å². The van der Waals surface area contributed by atoms with Gasteiger partial charge in [-0.05, 0) is 28.1 Å². The second-order valence-electron chi connectivity index (χ2n) is 2.93. The lowest BCUT2D eigenvalue weighted by Crippen LogP contribution is -2.01. The average Bonchev–Trinajstić information content (AvgIpc) is 2.38. The molecule has 0 bridgehead atoms. The van der Waals surface area contributed by atoms with E-state index in [2.05, 4.69) is 21.2 Å². The van der Waals surface area contributed by atoms with E-state index in [1.54, 1.807) is 30.3 Å². The van der Waals surface area contributed by atoms with E-state index < -0.39 is 0 Å². The van der Waals surface area contributed by atoms with Crippen LogP contribution in [-0.2, 0) is 0 Å². The highest BCUT2D eigenvalue weighted by atomic mass is 79.9.